The van der Waals surface area contributed by atoms with Gasteiger partial charge in [-0.2, -0.15) is 0 Å². The first-order chi connectivity index (χ1) is 15.8. The molecule has 1 aliphatic heterocycles. The Kier molecular flexibility index (Phi) is 5.01. The van der Waals surface area contributed by atoms with E-state index >= 15 is 0 Å². The molecule has 0 saturated carbocycles. The third kappa shape index (κ3) is 3.58. The van der Waals surface area contributed by atoms with Crippen LogP contribution in [0.2, 0.25) is 0 Å². The molecule has 2 aromatic carbocycles. The van der Waals surface area contributed by atoms with Crippen molar-refractivity contribution >= 4 is 16.7 Å². The summed E-state index contributed by atoms with van der Waals surface area (Å²) in [5.41, 5.74) is 1.16. The molecule has 7 nitrogen and oxygen atoms in total. The van der Waals surface area contributed by atoms with Crippen LogP contribution >= 0.6 is 0 Å². The van der Waals surface area contributed by atoms with Crippen molar-refractivity contribution in [2.45, 2.75) is 12.6 Å². The number of aromatic amines is 1. The maximum Gasteiger partial charge on any atom is 0.292 e. The molecule has 0 spiro atoms. The summed E-state index contributed by atoms with van der Waals surface area (Å²) in [6.45, 7) is 0.114. The number of hydrogen-bond donors (Lipinski definition) is 1. The molecule has 1 N–H and O–H groups in total. The van der Waals surface area contributed by atoms with Gasteiger partial charge in [0.2, 0.25) is 5.76 Å². The van der Waals surface area contributed by atoms with Gasteiger partial charge in [0.05, 0.1) is 24.6 Å². The van der Waals surface area contributed by atoms with E-state index in [-0.39, 0.29) is 29.7 Å². The molecular formula is C23H16F3N3O4. The summed E-state index contributed by atoms with van der Waals surface area (Å²) >= 11 is 0. The lowest BCUT2D eigenvalue weighted by Gasteiger charge is -2.33. The minimum atomic E-state index is -1.14. The number of nitrogens with one attached hydrogen (secondary N) is 1. The second-order valence-corrected chi connectivity index (χ2v) is 7.69. The quantitative estimate of drug-likeness (QED) is 0.506. The fourth-order valence-corrected chi connectivity index (χ4v) is 4.00. The predicted octanol–water partition coefficient (Wildman–Crippen LogP) is 3.94. The molecule has 33 heavy (non-hydrogen) atoms. The molecule has 0 unspecified atom stereocenters. The number of halogens is 3. The van der Waals surface area contributed by atoms with Crippen LogP contribution in [0.25, 0.3) is 22.0 Å². The van der Waals surface area contributed by atoms with Crippen molar-refractivity contribution in [1.82, 2.24) is 15.0 Å². The third-order valence-corrected chi connectivity index (χ3v) is 5.69. The average molecular weight is 455 g/mol. The number of likely N-dealkylation sites (N-methyl/N-ethyl adjacent to an activating group) is 1. The van der Waals surface area contributed by atoms with Gasteiger partial charge in [-0.25, -0.2) is 13.2 Å². The second-order valence-electron chi connectivity index (χ2n) is 7.69. The summed E-state index contributed by atoms with van der Waals surface area (Å²) in [5.74, 6) is -3.27. The van der Waals surface area contributed by atoms with Crippen LogP contribution in [0.15, 0.2) is 51.8 Å². The highest BCUT2D eigenvalue weighted by Crippen LogP contribution is 2.34. The van der Waals surface area contributed by atoms with E-state index in [9.17, 15) is 22.8 Å². The number of H-pyrrole nitrogens is 1. The number of amides is 1. The number of rotatable bonds is 3. The monoisotopic (exact) mass is 455 g/mol. The maximum atomic E-state index is 14.0. The molecule has 10 heteroatoms. The summed E-state index contributed by atoms with van der Waals surface area (Å²) in [4.78, 5) is 29.5. The van der Waals surface area contributed by atoms with Gasteiger partial charge < -0.3 is 19.1 Å². The first kappa shape index (κ1) is 21.0. The van der Waals surface area contributed by atoms with Gasteiger partial charge in [-0.05, 0) is 41.8 Å². The highest BCUT2D eigenvalue weighted by molar-refractivity contribution is 5.93. The van der Waals surface area contributed by atoms with Gasteiger partial charge in [-0.15, -0.1) is 0 Å². The first-order valence-corrected chi connectivity index (χ1v) is 9.95. The van der Waals surface area contributed by atoms with Crippen molar-refractivity contribution in [3.8, 4) is 11.3 Å². The molecule has 0 fully saturated rings. The Balaban J connectivity index is 1.53. The zero-order valence-corrected chi connectivity index (χ0v) is 17.2. The summed E-state index contributed by atoms with van der Waals surface area (Å²) in [6, 6.07) is 8.05. The van der Waals surface area contributed by atoms with Gasteiger partial charge in [-0.1, -0.05) is 5.16 Å². The van der Waals surface area contributed by atoms with Crippen LogP contribution in [0.5, 0.6) is 0 Å². The highest BCUT2D eigenvalue weighted by Gasteiger charge is 2.32. The Morgan fingerprint density at radius 3 is 2.52 bits per heavy atom. The van der Waals surface area contributed by atoms with Crippen LogP contribution in [0.1, 0.15) is 27.9 Å². The van der Waals surface area contributed by atoms with Gasteiger partial charge >= 0.3 is 0 Å². The van der Waals surface area contributed by atoms with Crippen molar-refractivity contribution in [2.24, 2.45) is 0 Å². The number of benzene rings is 2. The lowest BCUT2D eigenvalue weighted by atomic mass is 9.95. The molecule has 4 aromatic rings. The van der Waals surface area contributed by atoms with Crippen LogP contribution < -0.4 is 5.56 Å². The molecule has 0 radical (unpaired) electrons. The van der Waals surface area contributed by atoms with Crippen molar-refractivity contribution in [2.75, 3.05) is 13.7 Å². The number of fused-ring (bicyclic) bond motifs is 3. The van der Waals surface area contributed by atoms with Crippen molar-refractivity contribution in [1.29, 1.82) is 0 Å². The van der Waals surface area contributed by atoms with E-state index in [1.54, 1.807) is 0 Å². The second kappa shape index (κ2) is 7.89. The normalized spacial score (nSPS) is 15.5. The predicted molar refractivity (Wildman–Crippen MR) is 111 cm³/mol. The molecule has 3 heterocycles. The van der Waals surface area contributed by atoms with Crippen molar-refractivity contribution < 1.29 is 27.2 Å². The number of nitrogens with zero attached hydrogens (tertiary/aromatic N) is 2. The fraction of sp³-hybridized carbons (Fsp3) is 0.174. The molecule has 1 amide bonds. The zero-order valence-electron chi connectivity index (χ0n) is 17.2. The smallest absolute Gasteiger partial charge is 0.292 e. The number of hydrogen-bond acceptors (Lipinski definition) is 5. The van der Waals surface area contributed by atoms with Crippen LogP contribution in [-0.2, 0) is 11.3 Å². The zero-order chi connectivity index (χ0) is 23.3. The van der Waals surface area contributed by atoms with E-state index in [1.807, 2.05) is 0 Å². The highest BCUT2D eigenvalue weighted by atomic mass is 19.2. The van der Waals surface area contributed by atoms with E-state index in [1.165, 1.54) is 42.3 Å². The first-order valence-electron chi connectivity index (χ1n) is 9.95. The average Bonchev–Trinajstić information content (AvgIpc) is 3.30. The van der Waals surface area contributed by atoms with Crippen LogP contribution in [0.3, 0.4) is 0 Å². The number of carbonyl (C=O) groups is 1. The van der Waals surface area contributed by atoms with Crippen LogP contribution in [0, 0.1) is 17.5 Å². The molecular weight excluding hydrogens is 439 g/mol. The summed E-state index contributed by atoms with van der Waals surface area (Å²) in [6.07, 6.45) is 0. The summed E-state index contributed by atoms with van der Waals surface area (Å²) in [5, 5.41) is 4.05. The number of carbonyl (C=O) groups excluding carboxylic acids is 1. The molecule has 2 aromatic heterocycles. The number of ether oxygens (including phenoxy) is 1. The summed E-state index contributed by atoms with van der Waals surface area (Å²) in [7, 11) is 1.50. The Morgan fingerprint density at radius 2 is 1.79 bits per heavy atom. The summed E-state index contributed by atoms with van der Waals surface area (Å²) < 4.78 is 51.7. The van der Waals surface area contributed by atoms with E-state index in [2.05, 4.69) is 10.1 Å². The topological polar surface area (TPSA) is 88.4 Å². The maximum absolute atomic E-state index is 14.0. The van der Waals surface area contributed by atoms with Crippen molar-refractivity contribution in [3.63, 3.8) is 0 Å². The fourth-order valence-electron chi connectivity index (χ4n) is 4.00. The van der Waals surface area contributed by atoms with Crippen molar-refractivity contribution in [3.05, 3.63) is 87.3 Å². The molecule has 1 aliphatic rings. The van der Waals surface area contributed by atoms with Gasteiger partial charge in [-0.3, -0.25) is 9.59 Å². The molecule has 1 atom stereocenters. The molecule has 0 saturated heterocycles. The number of pyridine rings is 1. The lowest BCUT2D eigenvalue weighted by Crippen LogP contribution is -2.37. The largest absolute Gasteiger partial charge is 0.373 e. The van der Waals surface area contributed by atoms with E-state index in [4.69, 9.17) is 9.26 Å². The SMILES string of the molecule is CN(C(=O)c1cc(-c2ccc(F)cc2)no1)[C@@H]1COCc2[nH]c(=O)c3cc(F)c(F)cc3c21. The minimum absolute atomic E-state index is 0.0290. The molecule has 168 valence electrons. The van der Waals surface area contributed by atoms with E-state index in [0.717, 1.165) is 12.1 Å². The molecule has 5 rings (SSSR count). The lowest BCUT2D eigenvalue weighted by molar-refractivity contribution is 0.0314. The molecule has 0 aliphatic carbocycles. The standard InChI is InChI=1S/C23H16F3N3O4/c1-29(23(31)20-8-17(28-33-20)11-2-4-12(24)5-3-11)19-10-32-9-18-21(19)13-6-15(25)16(26)7-14(13)22(30)27-18/h2-8,19H,9-10H2,1H3,(H,27,30)/t19-/m1/s1. The Hall–Kier alpha value is -3.92. The van der Waals surface area contributed by atoms with Gasteiger partial charge in [0.1, 0.15) is 11.5 Å². The van der Waals surface area contributed by atoms with Gasteiger partial charge in [0, 0.05) is 29.9 Å². The Labute approximate surface area is 184 Å². The molecule has 0 bridgehead atoms. The Bertz CT molecular complexity index is 1450. The third-order valence-electron chi connectivity index (χ3n) is 5.69. The van der Waals surface area contributed by atoms with E-state index in [0.29, 0.717) is 22.5 Å². The van der Waals surface area contributed by atoms with E-state index < -0.39 is 35.0 Å². The van der Waals surface area contributed by atoms with Crippen LogP contribution in [0.4, 0.5) is 13.2 Å². The van der Waals surface area contributed by atoms with Gasteiger partial charge in [0.15, 0.2) is 11.6 Å². The number of aromatic nitrogens is 2. The Morgan fingerprint density at radius 1 is 1.09 bits per heavy atom. The van der Waals surface area contributed by atoms with Gasteiger partial charge in [0.25, 0.3) is 11.5 Å². The minimum Gasteiger partial charge on any atom is -0.373 e. The van der Waals surface area contributed by atoms with Crippen LogP contribution in [-0.4, -0.2) is 34.6 Å².